The van der Waals surface area contributed by atoms with E-state index < -0.39 is 5.76 Å². The molecule has 5 rings (SSSR count). The fourth-order valence-electron chi connectivity index (χ4n) is 4.94. The van der Waals surface area contributed by atoms with Crippen LogP contribution in [-0.4, -0.2) is 35.7 Å². The Kier molecular flexibility index (Phi) is 5.27. The number of anilines is 1. The molecule has 2 aliphatic carbocycles. The van der Waals surface area contributed by atoms with Crippen LogP contribution in [0.5, 0.6) is 0 Å². The topological polar surface area (TPSA) is 115 Å². The zero-order chi connectivity index (χ0) is 21.5. The lowest BCUT2D eigenvalue weighted by Gasteiger charge is -2.32. The van der Waals surface area contributed by atoms with E-state index in [0.29, 0.717) is 29.3 Å². The molecule has 3 aromatic heterocycles. The standard InChI is InChI=1S/C22H31N7O2/c1-12-7-9-15(10-8-12)11-29-14(3)24-19-17(29)18(23-13(2)16-5-4-6-16)25-20(26-19)21-27-22(30)31-28-21/h12-13,15-16H,4-11H2,1-3H3,(H,23,25,26)(H,27,28,30)/t12?,13-,15?/m1/s1. The van der Waals surface area contributed by atoms with E-state index in [2.05, 4.69) is 43.4 Å². The van der Waals surface area contributed by atoms with E-state index >= 15 is 0 Å². The van der Waals surface area contributed by atoms with Crippen LogP contribution in [0.2, 0.25) is 0 Å². The highest BCUT2D eigenvalue weighted by Gasteiger charge is 2.27. The lowest BCUT2D eigenvalue weighted by molar-refractivity contribution is 0.265. The fraction of sp³-hybridized carbons (Fsp3) is 0.682. The minimum absolute atomic E-state index is 0.222. The normalized spacial score (nSPS) is 23.1. The van der Waals surface area contributed by atoms with E-state index in [1.807, 2.05) is 6.92 Å². The second kappa shape index (κ2) is 8.09. The minimum atomic E-state index is -0.621. The number of aromatic amines is 1. The summed E-state index contributed by atoms with van der Waals surface area (Å²) in [5.41, 5.74) is 1.57. The monoisotopic (exact) mass is 425 g/mol. The molecule has 0 aromatic carbocycles. The lowest BCUT2D eigenvalue weighted by Crippen LogP contribution is -2.31. The molecule has 0 aliphatic heterocycles. The number of H-pyrrole nitrogens is 1. The maximum atomic E-state index is 11.5. The largest absolute Gasteiger partial charge is 0.439 e. The fourth-order valence-corrected chi connectivity index (χ4v) is 4.94. The van der Waals surface area contributed by atoms with Crippen molar-refractivity contribution >= 4 is 17.0 Å². The maximum absolute atomic E-state index is 11.5. The predicted molar refractivity (Wildman–Crippen MR) is 118 cm³/mol. The van der Waals surface area contributed by atoms with Crippen molar-refractivity contribution in [2.24, 2.45) is 17.8 Å². The molecule has 2 saturated carbocycles. The van der Waals surface area contributed by atoms with Crippen molar-refractivity contribution in [3.63, 3.8) is 0 Å². The Morgan fingerprint density at radius 1 is 1.16 bits per heavy atom. The van der Waals surface area contributed by atoms with E-state index in [1.54, 1.807) is 0 Å². The Labute approximate surface area is 181 Å². The second-order valence-corrected chi connectivity index (χ2v) is 9.53. The molecular formula is C22H31N7O2. The summed E-state index contributed by atoms with van der Waals surface area (Å²) < 4.78 is 6.95. The third kappa shape index (κ3) is 3.97. The van der Waals surface area contributed by atoms with Gasteiger partial charge in [0.1, 0.15) is 11.3 Å². The third-order valence-corrected chi connectivity index (χ3v) is 7.24. The summed E-state index contributed by atoms with van der Waals surface area (Å²) >= 11 is 0. The maximum Gasteiger partial charge on any atom is 0.439 e. The van der Waals surface area contributed by atoms with Gasteiger partial charge in [-0.2, -0.15) is 0 Å². The summed E-state index contributed by atoms with van der Waals surface area (Å²) in [5.74, 6) is 3.74. The first-order chi connectivity index (χ1) is 15.0. The van der Waals surface area contributed by atoms with Gasteiger partial charge in [-0.25, -0.2) is 19.7 Å². The molecular weight excluding hydrogens is 394 g/mol. The number of rotatable bonds is 6. The number of nitrogens with zero attached hydrogens (tertiary/aromatic N) is 5. The summed E-state index contributed by atoms with van der Waals surface area (Å²) in [7, 11) is 0. The highest BCUT2D eigenvalue weighted by molar-refractivity contribution is 5.85. The lowest BCUT2D eigenvalue weighted by atomic mass is 9.80. The van der Waals surface area contributed by atoms with Gasteiger partial charge in [0.2, 0.25) is 11.6 Å². The SMILES string of the molecule is Cc1nc2nc(-c3noc(=O)[nH]3)nc(N[C@H](C)C3CCC3)c2n1CC1CCC(C)CC1. The molecule has 9 heteroatoms. The number of fused-ring (bicyclic) bond motifs is 1. The summed E-state index contributed by atoms with van der Waals surface area (Å²) in [6, 6.07) is 0.301. The molecule has 0 unspecified atom stereocenters. The van der Waals surface area contributed by atoms with Crippen molar-refractivity contribution in [1.29, 1.82) is 0 Å². The quantitative estimate of drug-likeness (QED) is 0.615. The molecule has 0 bridgehead atoms. The molecule has 31 heavy (non-hydrogen) atoms. The van der Waals surface area contributed by atoms with Gasteiger partial charge in [-0.1, -0.05) is 31.3 Å². The Bertz CT molecular complexity index is 1120. The molecule has 2 fully saturated rings. The van der Waals surface area contributed by atoms with Crippen LogP contribution in [0.15, 0.2) is 9.32 Å². The Hall–Kier alpha value is -2.71. The van der Waals surface area contributed by atoms with E-state index in [4.69, 9.17) is 9.97 Å². The minimum Gasteiger partial charge on any atom is -0.365 e. The van der Waals surface area contributed by atoms with E-state index in [0.717, 1.165) is 29.6 Å². The average molecular weight is 426 g/mol. The van der Waals surface area contributed by atoms with Crippen LogP contribution >= 0.6 is 0 Å². The van der Waals surface area contributed by atoms with Crippen LogP contribution in [0.25, 0.3) is 22.8 Å². The molecule has 3 heterocycles. The number of aromatic nitrogens is 6. The smallest absolute Gasteiger partial charge is 0.365 e. The van der Waals surface area contributed by atoms with Gasteiger partial charge in [-0.15, -0.1) is 0 Å². The van der Waals surface area contributed by atoms with Gasteiger partial charge in [0.15, 0.2) is 11.5 Å². The van der Waals surface area contributed by atoms with E-state index in [-0.39, 0.29) is 5.82 Å². The first-order valence-corrected chi connectivity index (χ1v) is 11.6. The molecule has 0 radical (unpaired) electrons. The first-order valence-electron chi connectivity index (χ1n) is 11.6. The van der Waals surface area contributed by atoms with Crippen LogP contribution < -0.4 is 11.1 Å². The Morgan fingerprint density at radius 3 is 2.58 bits per heavy atom. The van der Waals surface area contributed by atoms with Gasteiger partial charge < -0.3 is 9.88 Å². The van der Waals surface area contributed by atoms with Gasteiger partial charge in [-0.05, 0) is 57.3 Å². The highest BCUT2D eigenvalue weighted by Crippen LogP contribution is 2.34. The van der Waals surface area contributed by atoms with Gasteiger partial charge in [0.25, 0.3) is 0 Å². The van der Waals surface area contributed by atoms with Crippen molar-refractivity contribution in [2.45, 2.75) is 78.3 Å². The van der Waals surface area contributed by atoms with Gasteiger partial charge >= 0.3 is 5.76 Å². The number of imidazole rings is 1. The predicted octanol–water partition coefficient (Wildman–Crippen LogP) is 3.90. The number of hydrogen-bond acceptors (Lipinski definition) is 7. The number of hydrogen-bond donors (Lipinski definition) is 2. The van der Waals surface area contributed by atoms with Gasteiger partial charge in [0.05, 0.1) is 0 Å². The van der Waals surface area contributed by atoms with E-state index in [9.17, 15) is 4.79 Å². The summed E-state index contributed by atoms with van der Waals surface area (Å²) in [6.45, 7) is 7.53. The van der Waals surface area contributed by atoms with Crippen LogP contribution in [0.3, 0.4) is 0 Å². The van der Waals surface area contributed by atoms with Crippen LogP contribution in [0, 0.1) is 24.7 Å². The molecule has 2 aliphatic rings. The first kappa shape index (κ1) is 20.2. The summed E-state index contributed by atoms with van der Waals surface area (Å²) in [5, 5.41) is 7.41. The molecule has 2 N–H and O–H groups in total. The van der Waals surface area contributed by atoms with Crippen LogP contribution in [0.4, 0.5) is 5.82 Å². The Balaban J connectivity index is 1.55. The molecule has 166 valence electrons. The number of nitrogens with one attached hydrogen (secondary N) is 2. The van der Waals surface area contributed by atoms with Crippen molar-refractivity contribution < 1.29 is 4.52 Å². The molecule has 3 aromatic rings. The van der Waals surface area contributed by atoms with E-state index in [1.165, 1.54) is 44.9 Å². The van der Waals surface area contributed by atoms with Crippen LogP contribution in [-0.2, 0) is 6.54 Å². The van der Waals surface area contributed by atoms with Crippen molar-refractivity contribution in [2.75, 3.05) is 5.32 Å². The average Bonchev–Trinajstić information content (AvgIpc) is 3.25. The van der Waals surface area contributed by atoms with Crippen molar-refractivity contribution in [3.8, 4) is 11.6 Å². The molecule has 0 amide bonds. The second-order valence-electron chi connectivity index (χ2n) is 9.53. The third-order valence-electron chi connectivity index (χ3n) is 7.24. The van der Waals surface area contributed by atoms with Crippen molar-refractivity contribution in [3.05, 3.63) is 16.4 Å². The molecule has 0 spiro atoms. The van der Waals surface area contributed by atoms with Gasteiger partial charge in [-0.3, -0.25) is 9.51 Å². The van der Waals surface area contributed by atoms with Crippen molar-refractivity contribution in [1.82, 2.24) is 29.7 Å². The molecule has 0 saturated heterocycles. The zero-order valence-electron chi connectivity index (χ0n) is 18.5. The summed E-state index contributed by atoms with van der Waals surface area (Å²) in [6.07, 6.45) is 8.86. The molecule has 1 atom stereocenters. The van der Waals surface area contributed by atoms with Gasteiger partial charge in [0, 0.05) is 12.6 Å². The summed E-state index contributed by atoms with van der Waals surface area (Å²) in [4.78, 5) is 28.1. The van der Waals surface area contributed by atoms with Crippen LogP contribution in [0.1, 0.15) is 64.6 Å². The molecule has 9 nitrogen and oxygen atoms in total. The highest BCUT2D eigenvalue weighted by atomic mass is 16.5. The Morgan fingerprint density at radius 2 is 1.94 bits per heavy atom. The zero-order valence-corrected chi connectivity index (χ0v) is 18.5. The number of aryl methyl sites for hydroxylation is 1.